The van der Waals surface area contributed by atoms with Crippen LogP contribution in [0.5, 0.6) is 0 Å². The van der Waals surface area contributed by atoms with Crippen LogP contribution < -0.4 is 10.9 Å². The van der Waals surface area contributed by atoms with Crippen LogP contribution in [0.4, 0.5) is 0 Å². The van der Waals surface area contributed by atoms with Crippen molar-refractivity contribution in [2.75, 3.05) is 6.54 Å². The first kappa shape index (κ1) is 15.4. The zero-order chi connectivity index (χ0) is 15.2. The van der Waals surface area contributed by atoms with Crippen LogP contribution in [0.1, 0.15) is 23.0 Å². The van der Waals surface area contributed by atoms with Gasteiger partial charge in [-0.05, 0) is 28.4 Å². The van der Waals surface area contributed by atoms with Gasteiger partial charge in [0.2, 0.25) is 0 Å². The van der Waals surface area contributed by atoms with Crippen molar-refractivity contribution in [3.63, 3.8) is 0 Å². The third-order valence-corrected chi connectivity index (χ3v) is 3.34. The zero-order valence-electron chi connectivity index (χ0n) is 11.5. The number of pyridine rings is 1. The van der Waals surface area contributed by atoms with Crippen LogP contribution >= 0.6 is 15.9 Å². The maximum Gasteiger partial charge on any atom is 0.253 e. The lowest BCUT2D eigenvalue weighted by molar-refractivity contribution is 0.0951. The van der Waals surface area contributed by atoms with Gasteiger partial charge in [-0.2, -0.15) is 0 Å². The van der Waals surface area contributed by atoms with Crippen LogP contribution in [-0.2, 0) is 13.0 Å². The van der Waals surface area contributed by atoms with Crippen LogP contribution in [-0.4, -0.2) is 27.0 Å². The molecule has 0 aromatic carbocycles. The Labute approximate surface area is 130 Å². The highest BCUT2D eigenvalue weighted by molar-refractivity contribution is 9.10. The van der Waals surface area contributed by atoms with Gasteiger partial charge in [0.15, 0.2) is 0 Å². The minimum Gasteiger partial charge on any atom is -0.350 e. The monoisotopic (exact) mass is 350 g/mol. The molecule has 0 aliphatic rings. The lowest BCUT2D eigenvalue weighted by atomic mass is 10.3. The summed E-state index contributed by atoms with van der Waals surface area (Å²) in [5, 5.41) is 2.74. The summed E-state index contributed by atoms with van der Waals surface area (Å²) in [7, 11) is 0. The summed E-state index contributed by atoms with van der Waals surface area (Å²) in [6.45, 7) is 2.67. The fraction of sp³-hybridized carbons (Fsp3) is 0.286. The van der Waals surface area contributed by atoms with E-state index in [1.807, 2.05) is 6.92 Å². The molecule has 6 nitrogen and oxygen atoms in total. The number of carbonyl (C=O) groups is 1. The van der Waals surface area contributed by atoms with Gasteiger partial charge < -0.3 is 5.32 Å². The van der Waals surface area contributed by atoms with Crippen molar-refractivity contribution in [1.29, 1.82) is 0 Å². The number of hydrogen-bond acceptors (Lipinski definition) is 4. The van der Waals surface area contributed by atoms with Crippen LogP contribution in [0.3, 0.4) is 0 Å². The molecule has 2 aromatic rings. The molecule has 0 saturated heterocycles. The fourth-order valence-electron chi connectivity index (χ4n) is 1.75. The van der Waals surface area contributed by atoms with Gasteiger partial charge in [0.25, 0.3) is 11.5 Å². The van der Waals surface area contributed by atoms with Gasteiger partial charge in [-0.15, -0.1) is 0 Å². The van der Waals surface area contributed by atoms with E-state index in [1.165, 1.54) is 23.2 Å². The second-order valence-electron chi connectivity index (χ2n) is 4.41. The molecule has 1 amide bonds. The highest BCUT2D eigenvalue weighted by Crippen LogP contribution is 2.09. The summed E-state index contributed by atoms with van der Waals surface area (Å²) < 4.78 is 2.21. The molecule has 0 atom stereocenters. The molecule has 7 heteroatoms. The molecule has 0 aliphatic carbocycles. The molecule has 0 spiro atoms. The number of nitrogens with one attached hydrogen (secondary N) is 1. The van der Waals surface area contributed by atoms with E-state index < -0.39 is 0 Å². The van der Waals surface area contributed by atoms with E-state index in [2.05, 4.69) is 31.2 Å². The maximum atomic E-state index is 11.9. The normalized spacial score (nSPS) is 10.4. The minimum atomic E-state index is -0.227. The van der Waals surface area contributed by atoms with E-state index in [9.17, 15) is 9.59 Å². The molecule has 2 rings (SSSR count). The number of nitrogens with zero attached hydrogens (tertiary/aromatic N) is 3. The Morgan fingerprint density at radius 1 is 1.38 bits per heavy atom. The molecule has 0 radical (unpaired) electrons. The van der Waals surface area contributed by atoms with E-state index in [0.717, 1.165) is 16.6 Å². The molecule has 0 aliphatic heterocycles. The van der Waals surface area contributed by atoms with Gasteiger partial charge in [0.1, 0.15) is 0 Å². The molecule has 0 bridgehead atoms. The molecule has 0 unspecified atom stereocenters. The third kappa shape index (κ3) is 4.22. The number of aromatic nitrogens is 3. The largest absolute Gasteiger partial charge is 0.350 e. The van der Waals surface area contributed by atoms with Gasteiger partial charge in [-0.3, -0.25) is 19.1 Å². The van der Waals surface area contributed by atoms with Gasteiger partial charge in [0.05, 0.1) is 11.9 Å². The Balaban J connectivity index is 1.92. The molecule has 0 fully saturated rings. The standard InChI is InChI=1S/C14H15BrN4O2/c1-2-12-6-13(20)19(9-18-12)4-3-17-14(21)10-5-11(15)8-16-7-10/h5-9H,2-4H2,1H3,(H,17,21). The molecule has 0 saturated carbocycles. The lowest BCUT2D eigenvalue weighted by Crippen LogP contribution is -2.31. The van der Waals surface area contributed by atoms with Crippen molar-refractivity contribution >= 4 is 21.8 Å². The van der Waals surface area contributed by atoms with Crippen molar-refractivity contribution in [1.82, 2.24) is 19.9 Å². The number of carbonyl (C=O) groups excluding carboxylic acids is 1. The second-order valence-corrected chi connectivity index (χ2v) is 5.33. The summed E-state index contributed by atoms with van der Waals surface area (Å²) in [4.78, 5) is 31.8. The van der Waals surface area contributed by atoms with Crippen molar-refractivity contribution in [3.05, 3.63) is 56.9 Å². The highest BCUT2D eigenvalue weighted by atomic mass is 79.9. The minimum absolute atomic E-state index is 0.111. The maximum absolute atomic E-state index is 11.9. The average molecular weight is 351 g/mol. The summed E-state index contributed by atoms with van der Waals surface area (Å²) >= 11 is 3.26. The molecular weight excluding hydrogens is 336 g/mol. The summed E-state index contributed by atoms with van der Waals surface area (Å²) in [6.07, 6.45) is 5.33. The number of aryl methyl sites for hydroxylation is 1. The summed E-state index contributed by atoms with van der Waals surface area (Å²) in [5.41, 5.74) is 1.12. The first-order chi connectivity index (χ1) is 10.1. The second kappa shape index (κ2) is 7.12. The fourth-order valence-corrected chi connectivity index (χ4v) is 2.12. The summed E-state index contributed by atoms with van der Waals surface area (Å²) in [5.74, 6) is -0.227. The molecule has 21 heavy (non-hydrogen) atoms. The first-order valence-electron chi connectivity index (χ1n) is 6.54. The molecule has 110 valence electrons. The highest BCUT2D eigenvalue weighted by Gasteiger charge is 2.06. The van der Waals surface area contributed by atoms with E-state index in [1.54, 1.807) is 12.3 Å². The Hall–Kier alpha value is -2.02. The number of rotatable bonds is 5. The molecule has 1 N–H and O–H groups in total. The van der Waals surface area contributed by atoms with E-state index in [0.29, 0.717) is 18.7 Å². The SMILES string of the molecule is CCc1cc(=O)n(CCNC(=O)c2cncc(Br)c2)cn1. The van der Waals surface area contributed by atoms with Gasteiger partial charge in [0, 0.05) is 41.7 Å². The van der Waals surface area contributed by atoms with Crippen molar-refractivity contribution < 1.29 is 4.79 Å². The number of hydrogen-bond donors (Lipinski definition) is 1. The zero-order valence-corrected chi connectivity index (χ0v) is 13.1. The van der Waals surface area contributed by atoms with Crippen molar-refractivity contribution in [2.24, 2.45) is 0 Å². The van der Waals surface area contributed by atoms with Gasteiger partial charge >= 0.3 is 0 Å². The first-order valence-corrected chi connectivity index (χ1v) is 7.33. The molecule has 2 heterocycles. The predicted molar refractivity (Wildman–Crippen MR) is 82.1 cm³/mol. The Morgan fingerprint density at radius 3 is 2.86 bits per heavy atom. The predicted octanol–water partition coefficient (Wildman–Crippen LogP) is 1.39. The number of halogens is 1. The van der Waals surface area contributed by atoms with Crippen LogP contribution in [0.25, 0.3) is 0 Å². The topological polar surface area (TPSA) is 76.9 Å². The van der Waals surface area contributed by atoms with Crippen LogP contribution in [0, 0.1) is 0 Å². The number of amides is 1. The smallest absolute Gasteiger partial charge is 0.253 e. The third-order valence-electron chi connectivity index (χ3n) is 2.90. The Morgan fingerprint density at radius 2 is 2.19 bits per heavy atom. The van der Waals surface area contributed by atoms with Gasteiger partial charge in [-0.25, -0.2) is 4.98 Å². The lowest BCUT2D eigenvalue weighted by Gasteiger charge is -2.07. The van der Waals surface area contributed by atoms with Crippen molar-refractivity contribution in [3.8, 4) is 0 Å². The van der Waals surface area contributed by atoms with Crippen LogP contribution in [0.15, 0.2) is 40.1 Å². The van der Waals surface area contributed by atoms with E-state index in [-0.39, 0.29) is 11.5 Å². The average Bonchev–Trinajstić information content (AvgIpc) is 2.48. The summed E-state index contributed by atoms with van der Waals surface area (Å²) in [6, 6.07) is 3.20. The van der Waals surface area contributed by atoms with E-state index >= 15 is 0 Å². The molecule has 2 aromatic heterocycles. The quantitative estimate of drug-likeness (QED) is 0.883. The van der Waals surface area contributed by atoms with Gasteiger partial charge in [-0.1, -0.05) is 6.92 Å². The van der Waals surface area contributed by atoms with E-state index in [4.69, 9.17) is 0 Å². The molecular formula is C14H15BrN4O2. The van der Waals surface area contributed by atoms with Crippen molar-refractivity contribution in [2.45, 2.75) is 19.9 Å². The van der Waals surface area contributed by atoms with Crippen LogP contribution in [0.2, 0.25) is 0 Å². The Kier molecular flexibility index (Phi) is 5.21. The Bertz CT molecular complexity index is 699.